The van der Waals surface area contributed by atoms with Crippen LogP contribution in [-0.2, 0) is 19.1 Å². The van der Waals surface area contributed by atoms with Gasteiger partial charge in [-0.25, -0.2) is 8.78 Å². The number of hydrogen-bond donors (Lipinski definition) is 1. The van der Waals surface area contributed by atoms with Crippen LogP contribution in [0.2, 0.25) is 0 Å². The molecule has 0 rings (SSSR count). The van der Waals surface area contributed by atoms with Crippen molar-refractivity contribution in [2.24, 2.45) is 5.41 Å². The van der Waals surface area contributed by atoms with E-state index in [2.05, 4.69) is 20.7 Å². The number of ether oxygens (including phenoxy) is 2. The number of rotatable bonds is 8. The van der Waals surface area contributed by atoms with Gasteiger partial charge in [-0.1, -0.05) is 22.9 Å². The lowest BCUT2D eigenvalue weighted by molar-refractivity contribution is -0.175. The number of carbonyl (C=O) groups excluding carboxylic acids is 2. The fourth-order valence-electron chi connectivity index (χ4n) is 1.01. The highest BCUT2D eigenvalue weighted by Crippen LogP contribution is 2.24. The summed E-state index contributed by atoms with van der Waals surface area (Å²) in [6.45, 7) is 3.40. The standard InChI is InChI=1S/C13H21BrF2O5/c1-5-13(15,16)8-21-10(19)12(4,6-17)7-20-9(18)11(2,3)14/h17H,5-8H2,1-4H3. The highest BCUT2D eigenvalue weighted by molar-refractivity contribution is 9.10. The number of aliphatic hydroxyl groups is 1. The van der Waals surface area contributed by atoms with Crippen molar-refractivity contribution in [2.75, 3.05) is 19.8 Å². The molecule has 0 saturated heterocycles. The zero-order chi connectivity index (χ0) is 16.9. The smallest absolute Gasteiger partial charge is 0.322 e. The molecule has 0 spiro atoms. The maximum atomic E-state index is 13.0. The molecule has 1 unspecified atom stereocenters. The van der Waals surface area contributed by atoms with E-state index in [0.29, 0.717) is 0 Å². The molecule has 21 heavy (non-hydrogen) atoms. The highest BCUT2D eigenvalue weighted by Gasteiger charge is 2.39. The van der Waals surface area contributed by atoms with Gasteiger partial charge < -0.3 is 14.6 Å². The molecule has 0 aliphatic rings. The lowest BCUT2D eigenvalue weighted by Crippen LogP contribution is -2.42. The van der Waals surface area contributed by atoms with Crippen LogP contribution in [0.1, 0.15) is 34.1 Å². The van der Waals surface area contributed by atoms with Gasteiger partial charge in [0.15, 0.2) is 6.61 Å². The van der Waals surface area contributed by atoms with Gasteiger partial charge in [0.2, 0.25) is 0 Å². The van der Waals surface area contributed by atoms with Gasteiger partial charge in [-0.15, -0.1) is 0 Å². The molecule has 0 bridgehead atoms. The Kier molecular flexibility index (Phi) is 7.22. The first-order valence-electron chi connectivity index (χ1n) is 6.40. The van der Waals surface area contributed by atoms with E-state index in [1.165, 1.54) is 13.8 Å². The van der Waals surface area contributed by atoms with Crippen LogP contribution in [0.4, 0.5) is 8.78 Å². The van der Waals surface area contributed by atoms with E-state index in [-0.39, 0.29) is 0 Å². The van der Waals surface area contributed by atoms with Crippen LogP contribution in [0, 0.1) is 5.41 Å². The molecule has 0 fully saturated rings. The van der Waals surface area contributed by atoms with Gasteiger partial charge in [0.1, 0.15) is 16.3 Å². The third kappa shape index (κ3) is 6.69. The Hall–Kier alpha value is -0.760. The van der Waals surface area contributed by atoms with Crippen molar-refractivity contribution in [3.8, 4) is 0 Å². The maximum Gasteiger partial charge on any atom is 0.322 e. The van der Waals surface area contributed by atoms with E-state index >= 15 is 0 Å². The summed E-state index contributed by atoms with van der Waals surface area (Å²) in [5, 5.41) is 9.27. The van der Waals surface area contributed by atoms with Crippen molar-refractivity contribution in [3.05, 3.63) is 0 Å². The summed E-state index contributed by atoms with van der Waals surface area (Å²) >= 11 is 3.08. The molecule has 0 aliphatic heterocycles. The third-order valence-electron chi connectivity index (χ3n) is 2.78. The van der Waals surface area contributed by atoms with E-state index in [0.717, 1.165) is 0 Å². The van der Waals surface area contributed by atoms with Gasteiger partial charge in [-0.05, 0) is 20.8 Å². The van der Waals surface area contributed by atoms with Crippen LogP contribution in [0.25, 0.3) is 0 Å². The van der Waals surface area contributed by atoms with Gasteiger partial charge in [-0.2, -0.15) is 0 Å². The summed E-state index contributed by atoms with van der Waals surface area (Å²) < 4.78 is 34.6. The summed E-state index contributed by atoms with van der Waals surface area (Å²) in [6.07, 6.45) is -0.469. The van der Waals surface area contributed by atoms with E-state index in [1.807, 2.05) is 0 Å². The fraction of sp³-hybridized carbons (Fsp3) is 0.846. The van der Waals surface area contributed by atoms with E-state index in [1.54, 1.807) is 13.8 Å². The zero-order valence-corrected chi connectivity index (χ0v) is 14.1. The predicted molar refractivity (Wildman–Crippen MR) is 75.4 cm³/mol. The lowest BCUT2D eigenvalue weighted by atomic mass is 9.93. The molecular weight excluding hydrogens is 354 g/mol. The largest absolute Gasteiger partial charge is 0.463 e. The Labute approximate surface area is 131 Å². The number of hydrogen-bond acceptors (Lipinski definition) is 5. The normalized spacial score (nSPS) is 15.2. The molecule has 0 aromatic heterocycles. The second kappa shape index (κ2) is 7.49. The van der Waals surface area contributed by atoms with Gasteiger partial charge in [0, 0.05) is 6.42 Å². The minimum atomic E-state index is -3.12. The van der Waals surface area contributed by atoms with Crippen LogP contribution >= 0.6 is 15.9 Å². The Balaban J connectivity index is 4.65. The molecule has 1 N–H and O–H groups in total. The second-order valence-electron chi connectivity index (χ2n) is 5.55. The first kappa shape index (κ1) is 20.2. The highest BCUT2D eigenvalue weighted by atomic mass is 79.9. The van der Waals surface area contributed by atoms with E-state index in [4.69, 9.17) is 4.74 Å². The number of esters is 2. The van der Waals surface area contributed by atoms with Gasteiger partial charge in [0.05, 0.1) is 6.61 Å². The van der Waals surface area contributed by atoms with Crippen molar-refractivity contribution in [2.45, 2.75) is 44.4 Å². The summed E-state index contributed by atoms with van der Waals surface area (Å²) in [4.78, 5) is 23.4. The second-order valence-corrected chi connectivity index (χ2v) is 7.54. The van der Waals surface area contributed by atoms with Gasteiger partial charge in [-0.3, -0.25) is 9.59 Å². The molecule has 0 aromatic rings. The average molecular weight is 375 g/mol. The average Bonchev–Trinajstić information content (AvgIpc) is 2.40. The van der Waals surface area contributed by atoms with Crippen LogP contribution in [0.5, 0.6) is 0 Å². The van der Waals surface area contributed by atoms with Crippen LogP contribution in [-0.4, -0.2) is 47.1 Å². The third-order valence-corrected chi connectivity index (χ3v) is 3.10. The van der Waals surface area contributed by atoms with Crippen molar-refractivity contribution in [1.82, 2.24) is 0 Å². The molecule has 5 nitrogen and oxygen atoms in total. The van der Waals surface area contributed by atoms with Gasteiger partial charge >= 0.3 is 11.9 Å². The molecule has 0 amide bonds. The molecule has 0 heterocycles. The maximum absolute atomic E-state index is 13.0. The van der Waals surface area contributed by atoms with Gasteiger partial charge in [0.25, 0.3) is 5.92 Å². The first-order valence-corrected chi connectivity index (χ1v) is 7.19. The van der Waals surface area contributed by atoms with Crippen molar-refractivity contribution < 1.29 is 33.0 Å². The SMILES string of the molecule is CCC(F)(F)COC(=O)C(C)(CO)COC(=O)C(C)(C)Br. The monoisotopic (exact) mass is 374 g/mol. The molecule has 8 heteroatoms. The molecule has 124 valence electrons. The Morgan fingerprint density at radius 1 is 1.10 bits per heavy atom. The molecule has 0 radical (unpaired) electrons. The Morgan fingerprint density at radius 2 is 1.57 bits per heavy atom. The topological polar surface area (TPSA) is 72.8 Å². The van der Waals surface area contributed by atoms with Crippen LogP contribution < -0.4 is 0 Å². The van der Waals surface area contributed by atoms with E-state index in [9.17, 15) is 23.5 Å². The minimum absolute atomic E-state index is 0.464. The molecule has 0 saturated carbocycles. The number of halogens is 3. The lowest BCUT2D eigenvalue weighted by Gasteiger charge is -2.27. The van der Waals surface area contributed by atoms with Crippen molar-refractivity contribution in [3.63, 3.8) is 0 Å². The quantitative estimate of drug-likeness (QED) is 0.521. The van der Waals surface area contributed by atoms with E-state index < -0.39 is 53.8 Å². The Morgan fingerprint density at radius 3 is 1.95 bits per heavy atom. The summed E-state index contributed by atoms with van der Waals surface area (Å²) in [5.74, 6) is -4.81. The van der Waals surface area contributed by atoms with Crippen molar-refractivity contribution in [1.29, 1.82) is 0 Å². The van der Waals surface area contributed by atoms with Crippen LogP contribution in [0.15, 0.2) is 0 Å². The summed E-state index contributed by atoms with van der Waals surface area (Å²) in [5.41, 5.74) is -1.59. The number of alkyl halides is 3. The molecule has 1 atom stereocenters. The fourth-order valence-corrected chi connectivity index (χ4v) is 1.13. The summed E-state index contributed by atoms with van der Waals surface area (Å²) in [6, 6.07) is 0. The van der Waals surface area contributed by atoms with Crippen molar-refractivity contribution >= 4 is 27.9 Å². The minimum Gasteiger partial charge on any atom is -0.463 e. The number of carbonyl (C=O) groups is 2. The molecule has 0 aliphatic carbocycles. The molecular formula is C13H21BrF2O5. The zero-order valence-electron chi connectivity index (χ0n) is 12.5. The number of aliphatic hydroxyl groups excluding tert-OH is 1. The predicted octanol–water partition coefficient (Wildman–Crippen LogP) is 2.29. The van der Waals surface area contributed by atoms with Crippen LogP contribution in [0.3, 0.4) is 0 Å². The summed E-state index contributed by atoms with van der Waals surface area (Å²) in [7, 11) is 0. The Bertz CT molecular complexity index is 381. The molecule has 0 aromatic carbocycles. The first-order chi connectivity index (χ1) is 9.38.